The van der Waals surface area contributed by atoms with Crippen molar-refractivity contribution in [2.75, 3.05) is 26.2 Å². The number of aryl methyl sites for hydroxylation is 1. The molecule has 0 aliphatic heterocycles. The zero-order valence-corrected chi connectivity index (χ0v) is 30.8. The summed E-state index contributed by atoms with van der Waals surface area (Å²) >= 11 is 1.58. The molecule has 49 heavy (non-hydrogen) atoms. The summed E-state index contributed by atoms with van der Waals surface area (Å²) < 4.78 is 0. The minimum atomic E-state index is -0.966. The normalized spacial score (nSPS) is 49.5. The number of allylic oxidation sites excluding steroid dienone is 4. The van der Waals surface area contributed by atoms with Gasteiger partial charge in [-0.1, -0.05) is 32.1 Å². The van der Waals surface area contributed by atoms with Crippen LogP contribution in [0.1, 0.15) is 112 Å². The number of aliphatic hydroxyl groups excluding tert-OH is 3. The maximum atomic E-state index is 14.8. The second-order valence-electron chi connectivity index (χ2n) is 19.5. The van der Waals surface area contributed by atoms with E-state index in [0.29, 0.717) is 25.9 Å². The van der Waals surface area contributed by atoms with Gasteiger partial charge in [0.25, 0.3) is 0 Å². The minimum Gasteiger partial charge on any atom is -0.394 e. The van der Waals surface area contributed by atoms with E-state index < -0.39 is 22.5 Å². The fourth-order valence-corrected chi connectivity index (χ4v) is 16.0. The van der Waals surface area contributed by atoms with Gasteiger partial charge in [0.05, 0.1) is 29.3 Å². The minimum absolute atomic E-state index is 0.0477. The quantitative estimate of drug-likeness (QED) is 0.170. The molecule has 0 saturated heterocycles. The van der Waals surface area contributed by atoms with Gasteiger partial charge in [-0.15, -0.1) is 11.3 Å². The molecule has 1 aromatic rings. The Hall–Kier alpha value is -1.35. The van der Waals surface area contributed by atoms with Crippen molar-refractivity contribution < 1.29 is 25.2 Å². The van der Waals surface area contributed by atoms with Gasteiger partial charge in [0.2, 0.25) is 0 Å². The van der Waals surface area contributed by atoms with E-state index in [2.05, 4.69) is 50.0 Å². The summed E-state index contributed by atoms with van der Waals surface area (Å²) in [7, 11) is 0. The van der Waals surface area contributed by atoms with Crippen molar-refractivity contribution in [3.8, 4) is 0 Å². The summed E-state index contributed by atoms with van der Waals surface area (Å²) in [6.45, 7) is 8.37. The molecule has 4 N–H and O–H groups in total. The van der Waals surface area contributed by atoms with Crippen LogP contribution in [0.4, 0.5) is 0 Å². The largest absolute Gasteiger partial charge is 0.394 e. The van der Waals surface area contributed by atoms with Gasteiger partial charge in [-0.05, 0) is 143 Å². The Bertz CT molecular complexity index is 1550. The number of Topliss-reactive ketones (excluding diaryl/α,β-unsaturated/α-hetero) is 1. The van der Waals surface area contributed by atoms with Crippen LogP contribution in [-0.4, -0.2) is 75.2 Å². The van der Waals surface area contributed by atoms with Crippen LogP contribution < -0.4 is 0 Å². The van der Waals surface area contributed by atoms with Crippen LogP contribution in [0, 0.1) is 63.6 Å². The molecule has 0 aromatic carbocycles. The Kier molecular flexibility index (Phi) is 7.57. The van der Waals surface area contributed by atoms with Crippen molar-refractivity contribution in [3.05, 3.63) is 45.7 Å². The second-order valence-corrected chi connectivity index (χ2v) is 20.8. The van der Waals surface area contributed by atoms with E-state index in [1.807, 2.05) is 6.07 Å². The molecule has 10 aliphatic rings. The standard InChI is InChI=1S/C42H59NO5S/c1-26-4-5-33(49-26)36(47)32-21-40-12-13-42(32)34(37(40,2)9-6-30(45)20-40)7-10-38(3)35(42)8-11-41(38,48)25-43(22-31(46)23-44)24-39-17-27-14-28(18-39)16-29(15-27)19-39/h4-5,12-13,21,27-31,34-35,44-46,48H,6-11,14-20,22-25H2,1-3H3/t27?,28?,29?,30?,31-,34+,35+,37+,38-,39?,40-,41+,42+/m0/s1. The van der Waals surface area contributed by atoms with Crippen LogP contribution in [0.15, 0.2) is 35.9 Å². The summed E-state index contributed by atoms with van der Waals surface area (Å²) in [5.74, 6) is 3.02. The Balaban J connectivity index is 1.09. The molecule has 7 fully saturated rings. The highest BCUT2D eigenvalue weighted by Gasteiger charge is 2.74. The van der Waals surface area contributed by atoms with E-state index in [0.717, 1.165) is 71.7 Å². The van der Waals surface area contributed by atoms with Gasteiger partial charge in [-0.3, -0.25) is 9.69 Å². The van der Waals surface area contributed by atoms with Crippen LogP contribution >= 0.6 is 11.3 Å². The molecule has 10 aliphatic carbocycles. The number of aliphatic hydroxyl groups is 4. The zero-order chi connectivity index (χ0) is 34.2. The predicted molar refractivity (Wildman–Crippen MR) is 192 cm³/mol. The number of carbonyl (C=O) groups excluding carboxylic acids is 1. The van der Waals surface area contributed by atoms with Crippen LogP contribution in [0.3, 0.4) is 0 Å². The summed E-state index contributed by atoms with van der Waals surface area (Å²) in [6, 6.07) is 4.05. The Morgan fingerprint density at radius 3 is 2.22 bits per heavy atom. The van der Waals surface area contributed by atoms with Crippen LogP contribution in [0.2, 0.25) is 0 Å². The van der Waals surface area contributed by atoms with E-state index in [4.69, 9.17) is 0 Å². The monoisotopic (exact) mass is 689 g/mol. The Labute approximate surface area is 297 Å². The van der Waals surface area contributed by atoms with E-state index >= 15 is 0 Å². The van der Waals surface area contributed by atoms with Crippen molar-refractivity contribution in [1.29, 1.82) is 0 Å². The topological polar surface area (TPSA) is 101 Å². The molecule has 1 heterocycles. The number of thiophene rings is 1. The van der Waals surface area contributed by atoms with Gasteiger partial charge in [0.15, 0.2) is 5.78 Å². The molecule has 1 aromatic heterocycles. The maximum Gasteiger partial charge on any atom is 0.199 e. The van der Waals surface area contributed by atoms with Crippen LogP contribution in [0.5, 0.6) is 0 Å². The van der Waals surface area contributed by atoms with Crippen LogP contribution in [-0.2, 0) is 0 Å². The van der Waals surface area contributed by atoms with Crippen molar-refractivity contribution in [2.45, 2.75) is 122 Å². The van der Waals surface area contributed by atoms with Gasteiger partial charge in [-0.2, -0.15) is 0 Å². The van der Waals surface area contributed by atoms with E-state index in [1.54, 1.807) is 11.3 Å². The lowest BCUT2D eigenvalue weighted by Gasteiger charge is -2.71. The number of nitrogens with zero attached hydrogens (tertiary/aromatic N) is 1. The third-order valence-corrected chi connectivity index (χ3v) is 17.8. The molecule has 6 nitrogen and oxygen atoms in total. The first-order valence-electron chi connectivity index (χ1n) is 19.7. The fraction of sp³-hybridized carbons (Fsp3) is 0.786. The molecular formula is C42H59NO5S. The molecule has 7 saturated carbocycles. The average molecular weight is 690 g/mol. The Morgan fingerprint density at radius 1 is 0.918 bits per heavy atom. The van der Waals surface area contributed by atoms with Gasteiger partial charge in [0.1, 0.15) is 0 Å². The third-order valence-electron chi connectivity index (χ3n) is 16.8. The number of fused-ring (bicyclic) bond motifs is 1. The fourth-order valence-electron chi connectivity index (χ4n) is 15.2. The van der Waals surface area contributed by atoms with Crippen molar-refractivity contribution in [2.24, 2.45) is 56.7 Å². The number of carbonyl (C=O) groups is 1. The molecule has 0 amide bonds. The van der Waals surface area contributed by atoms with Gasteiger partial charge in [0, 0.05) is 46.3 Å². The highest BCUT2D eigenvalue weighted by atomic mass is 32.1. The van der Waals surface area contributed by atoms with Crippen molar-refractivity contribution in [1.82, 2.24) is 4.90 Å². The van der Waals surface area contributed by atoms with Crippen molar-refractivity contribution in [3.63, 3.8) is 0 Å². The molecule has 0 radical (unpaired) electrons. The lowest BCUT2D eigenvalue weighted by Crippen LogP contribution is -2.67. The zero-order valence-electron chi connectivity index (χ0n) is 30.0. The lowest BCUT2D eigenvalue weighted by molar-refractivity contribution is -0.179. The van der Waals surface area contributed by atoms with E-state index in [1.165, 1.54) is 38.5 Å². The maximum absolute atomic E-state index is 14.8. The highest BCUT2D eigenvalue weighted by Crippen LogP contribution is 2.78. The average Bonchev–Trinajstić information content (AvgIpc) is 3.59. The van der Waals surface area contributed by atoms with E-state index in [-0.39, 0.29) is 46.6 Å². The summed E-state index contributed by atoms with van der Waals surface area (Å²) in [5.41, 5.74) is -1.03. The first-order chi connectivity index (χ1) is 23.3. The SMILES string of the molecule is Cc1ccc(C(=O)C2=C[C@@]34C=C[C@@]25[C@@H]2CC[C@@](O)(CN(C[C@H](O)CO)CC67CC8CC(CC(C8)C6)C7)[C@@]2(C)CC[C@@H]5[C@@]3(C)CCC(O)C4)s1. The number of ketones is 1. The van der Waals surface area contributed by atoms with E-state index in [9.17, 15) is 25.2 Å². The molecule has 9 atom stereocenters. The molecule has 7 heteroatoms. The lowest BCUT2D eigenvalue weighted by atomic mass is 9.32. The van der Waals surface area contributed by atoms with Gasteiger partial charge in [-0.25, -0.2) is 0 Å². The Morgan fingerprint density at radius 2 is 1.57 bits per heavy atom. The molecular weight excluding hydrogens is 631 g/mol. The highest BCUT2D eigenvalue weighted by molar-refractivity contribution is 7.14. The molecule has 11 rings (SSSR count). The summed E-state index contributed by atoms with van der Waals surface area (Å²) in [6.07, 6.45) is 19.8. The van der Waals surface area contributed by atoms with Gasteiger partial charge >= 0.3 is 0 Å². The first-order valence-corrected chi connectivity index (χ1v) is 20.5. The number of rotatable bonds is 9. The molecule has 2 spiro atoms. The summed E-state index contributed by atoms with van der Waals surface area (Å²) in [4.78, 5) is 19.1. The predicted octanol–water partition coefficient (Wildman–Crippen LogP) is 6.70. The molecule has 6 bridgehead atoms. The van der Waals surface area contributed by atoms with Gasteiger partial charge < -0.3 is 20.4 Å². The first kappa shape index (κ1) is 33.5. The molecule has 1 unspecified atom stereocenters. The summed E-state index contributed by atoms with van der Waals surface area (Å²) in [5, 5.41) is 45.0. The van der Waals surface area contributed by atoms with Crippen molar-refractivity contribution >= 4 is 17.1 Å². The van der Waals surface area contributed by atoms with Crippen LogP contribution in [0.25, 0.3) is 0 Å². The number of hydrogen-bond acceptors (Lipinski definition) is 7. The third kappa shape index (κ3) is 4.64. The number of hydrogen-bond donors (Lipinski definition) is 4. The molecule has 268 valence electrons. The second kappa shape index (κ2) is 11.1. The smallest absolute Gasteiger partial charge is 0.199 e.